The van der Waals surface area contributed by atoms with E-state index in [1.54, 1.807) is 20.8 Å². The number of esters is 2. The number of aryl methyl sites for hydroxylation is 1. The van der Waals surface area contributed by atoms with Gasteiger partial charge in [-0.05, 0) is 44.0 Å². The van der Waals surface area contributed by atoms with Crippen LogP contribution in [0.1, 0.15) is 48.2 Å². The summed E-state index contributed by atoms with van der Waals surface area (Å²) in [5, 5.41) is 2.80. The van der Waals surface area contributed by atoms with Gasteiger partial charge in [-0.1, -0.05) is 30.3 Å². The lowest BCUT2D eigenvalue weighted by Crippen LogP contribution is -2.59. The Labute approximate surface area is 199 Å². The maximum atomic E-state index is 14.0. The summed E-state index contributed by atoms with van der Waals surface area (Å²) < 4.78 is 24.8. The van der Waals surface area contributed by atoms with E-state index in [-0.39, 0.29) is 47.4 Å². The Morgan fingerprint density at radius 1 is 1.09 bits per heavy atom. The maximum absolute atomic E-state index is 14.0. The molecule has 1 fully saturated rings. The topological polar surface area (TPSA) is 81.7 Å². The smallest absolute Gasteiger partial charge is 0.362 e. The van der Waals surface area contributed by atoms with Gasteiger partial charge in [0.15, 0.2) is 12.6 Å². The van der Waals surface area contributed by atoms with Gasteiger partial charge in [-0.2, -0.15) is 0 Å². The largest absolute Gasteiger partial charge is 0.462 e. The van der Waals surface area contributed by atoms with Gasteiger partial charge < -0.3 is 19.3 Å². The lowest BCUT2D eigenvalue weighted by atomic mass is 10.1. The van der Waals surface area contributed by atoms with Gasteiger partial charge >= 0.3 is 11.9 Å². The van der Waals surface area contributed by atoms with Crippen LogP contribution in [0, 0.1) is 12.7 Å². The highest BCUT2D eigenvalue weighted by Gasteiger charge is 2.43. The van der Waals surface area contributed by atoms with Crippen LogP contribution in [0.4, 0.5) is 10.1 Å². The molecule has 182 valence electrons. The molecule has 1 aliphatic heterocycles. The summed E-state index contributed by atoms with van der Waals surface area (Å²) in [6.07, 6.45) is 1.79. The van der Waals surface area contributed by atoms with Crippen LogP contribution in [-0.2, 0) is 25.7 Å². The first-order valence-corrected chi connectivity index (χ1v) is 11.6. The average molecular weight is 472 g/mol. The molecule has 0 aromatic heterocycles. The highest BCUT2D eigenvalue weighted by Crippen LogP contribution is 2.28. The van der Waals surface area contributed by atoms with Crippen LogP contribution in [0.15, 0.2) is 42.5 Å². The van der Waals surface area contributed by atoms with E-state index in [0.717, 1.165) is 24.5 Å². The Kier molecular flexibility index (Phi) is 8.39. The predicted octanol–water partition coefficient (Wildman–Crippen LogP) is 3.99. The van der Waals surface area contributed by atoms with Gasteiger partial charge in [0.2, 0.25) is 0 Å². The minimum Gasteiger partial charge on any atom is -0.462 e. The second-order valence-electron chi connectivity index (χ2n) is 8.71. The number of hydrogen-bond donors (Lipinski definition) is 1. The fourth-order valence-corrected chi connectivity index (χ4v) is 4.44. The number of rotatable bonds is 9. The third-order valence-electron chi connectivity index (χ3n) is 6.39. The molecular weight excluding hydrogens is 439 g/mol. The number of likely N-dealkylation sites (tertiary alicyclic amines) is 1. The van der Waals surface area contributed by atoms with E-state index in [4.69, 9.17) is 9.47 Å². The van der Waals surface area contributed by atoms with Crippen molar-refractivity contribution in [3.05, 3.63) is 65.0 Å². The van der Waals surface area contributed by atoms with Crippen molar-refractivity contribution in [1.82, 2.24) is 0 Å². The Morgan fingerprint density at radius 3 is 2.41 bits per heavy atom. The molecule has 1 amide bonds. The normalized spacial score (nSPS) is 15.4. The first-order chi connectivity index (χ1) is 16.3. The lowest BCUT2D eigenvalue weighted by molar-refractivity contribution is -0.922. The highest BCUT2D eigenvalue weighted by atomic mass is 19.1. The van der Waals surface area contributed by atoms with Gasteiger partial charge in [-0.3, -0.25) is 4.79 Å². The van der Waals surface area contributed by atoms with Crippen LogP contribution >= 0.6 is 0 Å². The highest BCUT2D eigenvalue weighted by molar-refractivity contribution is 6.03. The number of quaternary nitrogens is 1. The van der Waals surface area contributed by atoms with Crippen LogP contribution in [-0.4, -0.2) is 54.6 Å². The summed E-state index contributed by atoms with van der Waals surface area (Å²) in [6.45, 7) is 6.77. The van der Waals surface area contributed by atoms with E-state index in [2.05, 4.69) is 5.32 Å². The molecule has 0 spiro atoms. The third kappa shape index (κ3) is 5.99. The van der Waals surface area contributed by atoms with E-state index < -0.39 is 17.8 Å². The number of anilines is 1. The summed E-state index contributed by atoms with van der Waals surface area (Å²) in [4.78, 5) is 38.4. The van der Waals surface area contributed by atoms with Crippen molar-refractivity contribution in [1.29, 1.82) is 0 Å². The number of nitrogens with zero attached hydrogens (tertiary/aromatic N) is 1. The van der Waals surface area contributed by atoms with E-state index in [0.29, 0.717) is 18.7 Å². The van der Waals surface area contributed by atoms with Crippen LogP contribution in [0.2, 0.25) is 0 Å². The zero-order chi connectivity index (χ0) is 24.7. The van der Waals surface area contributed by atoms with Crippen molar-refractivity contribution in [2.45, 2.75) is 46.3 Å². The molecule has 2 aromatic rings. The molecule has 2 aromatic carbocycles. The number of carbonyl (C=O) groups is 3. The second kappa shape index (κ2) is 11.2. The molecule has 0 radical (unpaired) electrons. The third-order valence-corrected chi connectivity index (χ3v) is 6.39. The Morgan fingerprint density at radius 2 is 1.76 bits per heavy atom. The van der Waals surface area contributed by atoms with Crippen molar-refractivity contribution in [2.24, 2.45) is 0 Å². The van der Waals surface area contributed by atoms with E-state index in [1.807, 2.05) is 30.3 Å². The van der Waals surface area contributed by atoms with Crippen LogP contribution in [0.5, 0.6) is 0 Å². The quantitative estimate of drug-likeness (QED) is 0.442. The van der Waals surface area contributed by atoms with Crippen molar-refractivity contribution < 1.29 is 32.7 Å². The zero-order valence-electron chi connectivity index (χ0n) is 19.9. The SMILES string of the molecule is CCOC(=O)c1cc(F)cc(C)c1NC(=O)C(C)[N+]1(CC(=O)OCc2ccccc2)CCCC1. The molecule has 0 saturated carbocycles. The fourth-order valence-electron chi connectivity index (χ4n) is 4.44. The number of hydrogen-bond acceptors (Lipinski definition) is 5. The zero-order valence-corrected chi connectivity index (χ0v) is 19.9. The summed E-state index contributed by atoms with van der Waals surface area (Å²) >= 11 is 0. The molecule has 0 bridgehead atoms. The van der Waals surface area contributed by atoms with Crippen molar-refractivity contribution in [3.63, 3.8) is 0 Å². The van der Waals surface area contributed by atoms with Crippen molar-refractivity contribution in [2.75, 3.05) is 31.6 Å². The van der Waals surface area contributed by atoms with Crippen molar-refractivity contribution in [3.8, 4) is 0 Å². The monoisotopic (exact) mass is 471 g/mol. The Hall–Kier alpha value is -3.26. The summed E-state index contributed by atoms with van der Waals surface area (Å²) in [6, 6.07) is 11.2. The number of amides is 1. The average Bonchev–Trinajstić information content (AvgIpc) is 3.29. The van der Waals surface area contributed by atoms with Gasteiger partial charge in [0, 0.05) is 12.8 Å². The molecule has 8 heteroatoms. The molecule has 1 heterocycles. The number of nitrogens with one attached hydrogen (secondary N) is 1. The van der Waals surface area contributed by atoms with E-state index >= 15 is 0 Å². The van der Waals surface area contributed by atoms with Gasteiger partial charge in [-0.15, -0.1) is 0 Å². The first kappa shape index (κ1) is 25.4. The van der Waals surface area contributed by atoms with Crippen LogP contribution in [0.25, 0.3) is 0 Å². The predicted molar refractivity (Wildman–Crippen MR) is 126 cm³/mol. The first-order valence-electron chi connectivity index (χ1n) is 11.6. The molecule has 1 atom stereocenters. The molecule has 3 rings (SSSR count). The maximum Gasteiger partial charge on any atom is 0.362 e. The molecular formula is C26H32FN2O5+. The number of ether oxygens (including phenoxy) is 2. The van der Waals surface area contributed by atoms with Crippen molar-refractivity contribution >= 4 is 23.5 Å². The fraction of sp³-hybridized carbons (Fsp3) is 0.423. The van der Waals surface area contributed by atoms with Gasteiger partial charge in [-0.25, -0.2) is 14.0 Å². The Balaban J connectivity index is 1.75. The van der Waals surface area contributed by atoms with Gasteiger partial charge in [0.05, 0.1) is 30.9 Å². The molecule has 1 saturated heterocycles. The molecule has 1 N–H and O–H groups in total. The summed E-state index contributed by atoms with van der Waals surface area (Å²) in [5.74, 6) is -2.01. The minimum absolute atomic E-state index is 0.0323. The molecule has 1 unspecified atom stereocenters. The standard InChI is InChI=1S/C26H31FN2O5/c1-4-33-26(32)22-15-21(27)14-18(2)24(22)28-25(31)19(3)29(12-8-9-13-29)16-23(30)34-17-20-10-6-5-7-11-20/h5-7,10-11,14-15,19H,4,8-9,12-13,16-17H2,1-3H3/p+1. The van der Waals surface area contributed by atoms with Crippen LogP contribution in [0.3, 0.4) is 0 Å². The Bertz CT molecular complexity index is 1030. The number of carbonyl (C=O) groups excluding carboxylic acids is 3. The minimum atomic E-state index is -0.706. The molecule has 0 aliphatic carbocycles. The van der Waals surface area contributed by atoms with Gasteiger partial charge in [0.1, 0.15) is 12.4 Å². The summed E-state index contributed by atoms with van der Waals surface area (Å²) in [5.41, 5.74) is 1.50. The second-order valence-corrected chi connectivity index (χ2v) is 8.71. The molecule has 1 aliphatic rings. The number of halogens is 1. The molecule has 34 heavy (non-hydrogen) atoms. The number of benzene rings is 2. The summed E-state index contributed by atoms with van der Waals surface area (Å²) in [7, 11) is 0. The van der Waals surface area contributed by atoms with E-state index in [1.165, 1.54) is 6.07 Å². The van der Waals surface area contributed by atoms with Crippen LogP contribution < -0.4 is 5.32 Å². The van der Waals surface area contributed by atoms with Gasteiger partial charge in [0.25, 0.3) is 5.91 Å². The lowest BCUT2D eigenvalue weighted by Gasteiger charge is -2.38. The molecule has 7 nitrogen and oxygen atoms in total. The van der Waals surface area contributed by atoms with E-state index in [9.17, 15) is 18.8 Å².